The number of carbonyl (C=O) groups excluding carboxylic acids is 2. The lowest BCUT2D eigenvalue weighted by Crippen LogP contribution is -2.56. The number of ketones is 1. The molecule has 0 heterocycles. The molecule has 0 N–H and O–H groups in total. The molecule has 0 saturated heterocycles. The number of ether oxygens (including phenoxy) is 1. The van der Waals surface area contributed by atoms with Gasteiger partial charge in [0.05, 0.1) is 0 Å². The van der Waals surface area contributed by atoms with Crippen LogP contribution in [-0.2, 0) is 14.3 Å². The number of alkyl halides is 3. The Morgan fingerprint density at radius 1 is 1.13 bits per heavy atom. The first-order valence-electron chi connectivity index (χ1n) is 10.6. The van der Waals surface area contributed by atoms with Gasteiger partial charge in [0.25, 0.3) is 0 Å². The molecular weight excluding hydrogens is 461 g/mol. The van der Waals surface area contributed by atoms with E-state index in [4.69, 9.17) is 4.74 Å². The lowest BCUT2D eigenvalue weighted by atomic mass is 9.46. The molecule has 3 saturated carbocycles. The molecule has 164 valence electrons. The molecule has 0 bridgehead atoms. The Hall–Kier alpha value is -1.29. The number of esters is 1. The molecule has 30 heavy (non-hydrogen) atoms. The minimum absolute atomic E-state index is 0.0207. The number of halogens is 4. The van der Waals surface area contributed by atoms with Crippen LogP contribution in [0.5, 0.6) is 0 Å². The van der Waals surface area contributed by atoms with E-state index in [0.717, 1.165) is 25.7 Å². The molecule has 4 aliphatic carbocycles. The van der Waals surface area contributed by atoms with Gasteiger partial charge >= 0.3 is 12.1 Å². The maximum absolute atomic E-state index is 13.0. The number of carbonyl (C=O) groups is 2. The van der Waals surface area contributed by atoms with Gasteiger partial charge in [-0.2, -0.15) is 13.2 Å². The van der Waals surface area contributed by atoms with Crippen LogP contribution in [0.15, 0.2) is 11.6 Å². The van der Waals surface area contributed by atoms with Gasteiger partial charge in [-0.3, -0.25) is 4.79 Å². The fourth-order valence-corrected chi connectivity index (χ4v) is 7.57. The molecule has 0 aromatic carbocycles. The van der Waals surface area contributed by atoms with E-state index in [1.807, 2.05) is 13.0 Å². The van der Waals surface area contributed by atoms with Gasteiger partial charge in [-0.25, -0.2) is 4.79 Å². The number of hydrogen-bond acceptors (Lipinski definition) is 3. The van der Waals surface area contributed by atoms with E-state index < -0.39 is 23.2 Å². The third-order valence-electron chi connectivity index (χ3n) is 8.83. The third kappa shape index (κ3) is 3.08. The SMILES string of the molecule is C[C@]12CCC(=O)C=C1CC[C@@H]1[C@@H]2CC[C@@]2(C)[C@H]1CC[C@]2(C#CBr)OC(=O)C(F)(F)F. The number of hydrogen-bond donors (Lipinski definition) is 0. The minimum atomic E-state index is -5.04. The first kappa shape index (κ1) is 21.9. The van der Waals surface area contributed by atoms with E-state index in [0.29, 0.717) is 37.5 Å². The smallest absolute Gasteiger partial charge is 0.439 e. The Bertz CT molecular complexity index is 869. The van der Waals surface area contributed by atoms with E-state index in [1.165, 1.54) is 5.57 Å². The highest BCUT2D eigenvalue weighted by Gasteiger charge is 2.66. The first-order valence-corrected chi connectivity index (χ1v) is 11.4. The highest BCUT2D eigenvalue weighted by atomic mass is 79.9. The average molecular weight is 487 g/mol. The second-order valence-electron chi connectivity index (χ2n) is 9.90. The van der Waals surface area contributed by atoms with Crippen LogP contribution in [0.25, 0.3) is 0 Å². The molecule has 0 aliphatic heterocycles. The normalized spacial score (nSPS) is 42.8. The van der Waals surface area contributed by atoms with E-state index in [9.17, 15) is 22.8 Å². The van der Waals surface area contributed by atoms with Crippen LogP contribution >= 0.6 is 15.9 Å². The van der Waals surface area contributed by atoms with Crippen molar-refractivity contribution in [2.45, 2.75) is 77.0 Å². The molecule has 0 radical (unpaired) electrons. The molecule has 7 heteroatoms. The van der Waals surface area contributed by atoms with E-state index in [1.54, 1.807) is 0 Å². The van der Waals surface area contributed by atoms with Crippen molar-refractivity contribution in [1.82, 2.24) is 0 Å². The van der Waals surface area contributed by atoms with Gasteiger partial charge in [0.15, 0.2) is 11.4 Å². The lowest BCUT2D eigenvalue weighted by Gasteiger charge is -2.58. The molecule has 3 nitrogen and oxygen atoms in total. The topological polar surface area (TPSA) is 43.4 Å². The summed E-state index contributed by atoms with van der Waals surface area (Å²) in [5, 5.41) is 0. The van der Waals surface area contributed by atoms with Crippen molar-refractivity contribution in [3.63, 3.8) is 0 Å². The zero-order valence-electron chi connectivity index (χ0n) is 17.2. The maximum atomic E-state index is 13.0. The number of rotatable bonds is 1. The Labute approximate surface area is 183 Å². The largest absolute Gasteiger partial charge is 0.490 e. The molecule has 0 amide bonds. The summed E-state index contributed by atoms with van der Waals surface area (Å²) in [6.45, 7) is 4.22. The van der Waals surface area contributed by atoms with E-state index >= 15 is 0 Å². The summed E-state index contributed by atoms with van der Waals surface area (Å²) in [7, 11) is 0. The summed E-state index contributed by atoms with van der Waals surface area (Å²) < 4.78 is 44.3. The Balaban J connectivity index is 1.68. The van der Waals surface area contributed by atoms with Crippen LogP contribution in [0.1, 0.15) is 65.2 Å². The fourth-order valence-electron chi connectivity index (χ4n) is 7.25. The highest BCUT2D eigenvalue weighted by Crippen LogP contribution is 2.68. The van der Waals surface area contributed by atoms with Crippen LogP contribution in [0, 0.1) is 39.3 Å². The van der Waals surface area contributed by atoms with Crippen molar-refractivity contribution in [2.24, 2.45) is 28.6 Å². The van der Waals surface area contributed by atoms with E-state index in [2.05, 4.69) is 33.6 Å². The maximum Gasteiger partial charge on any atom is 0.490 e. The van der Waals surface area contributed by atoms with Crippen LogP contribution in [0.4, 0.5) is 13.2 Å². The summed E-state index contributed by atoms with van der Waals surface area (Å²) in [5.74, 6) is 1.75. The zero-order chi connectivity index (χ0) is 21.9. The zero-order valence-corrected chi connectivity index (χ0v) is 18.8. The molecule has 0 spiro atoms. The predicted octanol–water partition coefficient (Wildman–Crippen LogP) is 5.72. The van der Waals surface area contributed by atoms with Gasteiger partial charge in [0.1, 0.15) is 0 Å². The van der Waals surface area contributed by atoms with Gasteiger partial charge in [0.2, 0.25) is 0 Å². The Morgan fingerprint density at radius 3 is 2.50 bits per heavy atom. The second-order valence-corrected chi connectivity index (χ2v) is 10.3. The molecule has 4 rings (SSSR count). The van der Waals surface area contributed by atoms with Gasteiger partial charge in [0, 0.05) is 27.8 Å². The van der Waals surface area contributed by atoms with Crippen LogP contribution in [0.2, 0.25) is 0 Å². The Morgan fingerprint density at radius 2 is 1.83 bits per heavy atom. The summed E-state index contributed by atoms with van der Waals surface area (Å²) >= 11 is 3.03. The first-order chi connectivity index (χ1) is 14.0. The molecular formula is C23H26BrF3O3. The third-order valence-corrected chi connectivity index (χ3v) is 9.03. The van der Waals surface area contributed by atoms with Crippen molar-refractivity contribution >= 4 is 27.7 Å². The summed E-state index contributed by atoms with van der Waals surface area (Å²) in [4.78, 5) is 26.3. The summed E-state index contributed by atoms with van der Waals surface area (Å²) in [6, 6.07) is 0. The summed E-state index contributed by atoms with van der Waals surface area (Å²) in [6.07, 6.45) is 2.49. The summed E-state index contributed by atoms with van der Waals surface area (Å²) in [5.41, 5.74) is -0.833. The van der Waals surface area contributed by atoms with Gasteiger partial charge in [-0.1, -0.05) is 19.4 Å². The minimum Gasteiger partial charge on any atom is -0.439 e. The average Bonchev–Trinajstić information content (AvgIpc) is 2.94. The molecule has 0 aromatic rings. The number of allylic oxidation sites excluding steroid dienone is 1. The van der Waals surface area contributed by atoms with E-state index in [-0.39, 0.29) is 17.1 Å². The molecule has 0 unspecified atom stereocenters. The fraction of sp³-hybridized carbons (Fsp3) is 0.739. The van der Waals surface area contributed by atoms with Crippen molar-refractivity contribution < 1.29 is 27.5 Å². The quantitative estimate of drug-likeness (QED) is 0.351. The molecule has 3 fully saturated rings. The van der Waals surface area contributed by atoms with Gasteiger partial charge in [-0.15, -0.1) is 0 Å². The predicted molar refractivity (Wildman–Crippen MR) is 108 cm³/mol. The molecule has 0 aromatic heterocycles. The Kier molecular flexibility index (Phi) is 5.20. The molecule has 6 atom stereocenters. The van der Waals surface area contributed by atoms with Crippen LogP contribution in [-0.4, -0.2) is 23.5 Å². The van der Waals surface area contributed by atoms with Crippen molar-refractivity contribution in [1.29, 1.82) is 0 Å². The van der Waals surface area contributed by atoms with Gasteiger partial charge in [-0.05, 0) is 84.9 Å². The lowest BCUT2D eigenvalue weighted by molar-refractivity contribution is -0.220. The van der Waals surface area contributed by atoms with Gasteiger partial charge < -0.3 is 4.74 Å². The monoisotopic (exact) mass is 486 g/mol. The van der Waals surface area contributed by atoms with Crippen molar-refractivity contribution in [3.05, 3.63) is 11.6 Å². The van der Waals surface area contributed by atoms with Crippen molar-refractivity contribution in [3.8, 4) is 10.8 Å². The van der Waals surface area contributed by atoms with Crippen LogP contribution in [0.3, 0.4) is 0 Å². The highest BCUT2D eigenvalue weighted by molar-refractivity contribution is 9.12. The van der Waals surface area contributed by atoms with Crippen LogP contribution < -0.4 is 0 Å². The van der Waals surface area contributed by atoms with Crippen molar-refractivity contribution in [2.75, 3.05) is 0 Å². The molecule has 4 aliphatic rings. The standard InChI is InChI=1S/C23H26BrF3O3/c1-20-8-5-15(28)13-14(20)3-4-16-17(20)6-9-21(2)18(16)7-10-22(21,11-12-24)30-19(29)23(25,26)27/h13,16-18H,3-10H2,1-2H3/t16-,17+,18+,20+,21+,22-/m1/s1. The number of fused-ring (bicyclic) bond motifs is 5. The second kappa shape index (κ2) is 7.12.